The van der Waals surface area contributed by atoms with Crippen molar-refractivity contribution in [3.8, 4) is 0 Å². The van der Waals surface area contributed by atoms with Crippen LogP contribution in [0.15, 0.2) is 29.0 Å². The lowest BCUT2D eigenvalue weighted by Gasteiger charge is -2.37. The van der Waals surface area contributed by atoms with Crippen LogP contribution >= 0.6 is 0 Å². The number of pyridine rings is 1. The van der Waals surface area contributed by atoms with Gasteiger partial charge in [-0.2, -0.15) is 4.98 Å². The summed E-state index contributed by atoms with van der Waals surface area (Å²) in [6, 6.07) is 4.52. The SMILES string of the molecule is CC(c1cccnc1)N1CCN(Cc2noc(CN)n2)CC1. The maximum Gasteiger partial charge on any atom is 0.240 e. The van der Waals surface area contributed by atoms with E-state index in [4.69, 9.17) is 10.3 Å². The molecule has 1 aliphatic heterocycles. The fourth-order valence-electron chi connectivity index (χ4n) is 2.78. The number of nitrogens with zero attached hydrogens (tertiary/aromatic N) is 5. The Balaban J connectivity index is 1.52. The van der Waals surface area contributed by atoms with Gasteiger partial charge in [0.05, 0.1) is 13.1 Å². The minimum Gasteiger partial charge on any atom is -0.338 e. The van der Waals surface area contributed by atoms with Crippen LogP contribution in [0.25, 0.3) is 0 Å². The number of piperazine rings is 1. The second kappa shape index (κ2) is 6.95. The third-order valence-electron chi connectivity index (χ3n) is 4.17. The third-order valence-corrected chi connectivity index (χ3v) is 4.17. The van der Waals surface area contributed by atoms with Gasteiger partial charge in [-0.1, -0.05) is 11.2 Å². The van der Waals surface area contributed by atoms with Crippen LogP contribution in [0.4, 0.5) is 0 Å². The maximum absolute atomic E-state index is 5.48. The van der Waals surface area contributed by atoms with Crippen molar-refractivity contribution in [2.24, 2.45) is 5.73 Å². The summed E-state index contributed by atoms with van der Waals surface area (Å²) in [6.07, 6.45) is 3.76. The van der Waals surface area contributed by atoms with E-state index in [0.717, 1.165) is 32.7 Å². The lowest BCUT2D eigenvalue weighted by Crippen LogP contribution is -2.46. The van der Waals surface area contributed by atoms with Gasteiger partial charge in [0.1, 0.15) is 0 Å². The van der Waals surface area contributed by atoms with Crippen molar-refractivity contribution in [3.05, 3.63) is 41.8 Å². The Morgan fingerprint density at radius 1 is 1.32 bits per heavy atom. The topological polar surface area (TPSA) is 84.3 Å². The van der Waals surface area contributed by atoms with Gasteiger partial charge in [0.25, 0.3) is 0 Å². The van der Waals surface area contributed by atoms with E-state index in [0.29, 0.717) is 24.3 Å². The predicted molar refractivity (Wildman–Crippen MR) is 81.7 cm³/mol. The molecule has 118 valence electrons. The first-order valence-corrected chi connectivity index (χ1v) is 7.64. The molecule has 1 aliphatic rings. The average molecular weight is 302 g/mol. The Labute approximate surface area is 130 Å². The molecule has 22 heavy (non-hydrogen) atoms. The van der Waals surface area contributed by atoms with Crippen LogP contribution in [-0.4, -0.2) is 51.1 Å². The molecule has 7 heteroatoms. The van der Waals surface area contributed by atoms with E-state index in [1.54, 1.807) is 0 Å². The van der Waals surface area contributed by atoms with E-state index >= 15 is 0 Å². The Morgan fingerprint density at radius 2 is 2.14 bits per heavy atom. The summed E-state index contributed by atoms with van der Waals surface area (Å²) in [5.74, 6) is 1.22. The summed E-state index contributed by atoms with van der Waals surface area (Å²) < 4.78 is 5.04. The van der Waals surface area contributed by atoms with E-state index in [2.05, 4.69) is 37.9 Å². The molecule has 3 rings (SSSR count). The lowest BCUT2D eigenvalue weighted by atomic mass is 10.1. The molecule has 1 fully saturated rings. The molecule has 1 atom stereocenters. The zero-order chi connectivity index (χ0) is 15.4. The molecule has 2 aromatic heterocycles. The first kappa shape index (κ1) is 15.1. The molecule has 1 unspecified atom stereocenters. The van der Waals surface area contributed by atoms with E-state index in [-0.39, 0.29) is 0 Å². The van der Waals surface area contributed by atoms with Gasteiger partial charge in [0.15, 0.2) is 5.82 Å². The summed E-state index contributed by atoms with van der Waals surface area (Å²) in [4.78, 5) is 13.3. The molecule has 0 bridgehead atoms. The molecular weight excluding hydrogens is 280 g/mol. The van der Waals surface area contributed by atoms with Crippen molar-refractivity contribution >= 4 is 0 Å². The van der Waals surface area contributed by atoms with E-state index in [9.17, 15) is 0 Å². The molecule has 0 amide bonds. The fourth-order valence-corrected chi connectivity index (χ4v) is 2.78. The molecule has 2 N–H and O–H groups in total. The molecular formula is C15H22N6O. The Bertz CT molecular complexity index is 579. The number of aromatic nitrogens is 3. The minimum absolute atomic E-state index is 0.295. The van der Waals surface area contributed by atoms with Crippen LogP contribution in [0.3, 0.4) is 0 Å². The quantitative estimate of drug-likeness (QED) is 0.874. The normalized spacial score (nSPS) is 18.5. The van der Waals surface area contributed by atoms with Gasteiger partial charge in [0.2, 0.25) is 5.89 Å². The molecule has 3 heterocycles. The Hall–Kier alpha value is -1.83. The van der Waals surface area contributed by atoms with Crippen LogP contribution in [0.5, 0.6) is 0 Å². The number of hydrogen-bond donors (Lipinski definition) is 1. The van der Waals surface area contributed by atoms with Crippen molar-refractivity contribution in [1.29, 1.82) is 0 Å². The lowest BCUT2D eigenvalue weighted by molar-refractivity contribution is 0.0955. The standard InChI is InChI=1S/C15H22N6O/c1-12(13-3-2-4-17-10-13)21-7-5-20(6-8-21)11-14-18-15(9-16)22-19-14/h2-4,10,12H,5-9,11,16H2,1H3. The van der Waals surface area contributed by atoms with Gasteiger partial charge in [-0.25, -0.2) is 0 Å². The molecule has 0 radical (unpaired) electrons. The maximum atomic E-state index is 5.48. The monoisotopic (exact) mass is 302 g/mol. The summed E-state index contributed by atoms with van der Waals surface area (Å²) in [7, 11) is 0. The molecule has 0 aromatic carbocycles. The molecule has 7 nitrogen and oxygen atoms in total. The summed E-state index contributed by atoms with van der Waals surface area (Å²) in [6.45, 7) is 7.30. The second-order valence-corrected chi connectivity index (χ2v) is 5.58. The molecule has 1 saturated heterocycles. The van der Waals surface area contributed by atoms with Crippen molar-refractivity contribution in [2.45, 2.75) is 26.1 Å². The highest BCUT2D eigenvalue weighted by Crippen LogP contribution is 2.20. The highest BCUT2D eigenvalue weighted by Gasteiger charge is 2.23. The van der Waals surface area contributed by atoms with Gasteiger partial charge in [-0.15, -0.1) is 0 Å². The molecule has 0 saturated carbocycles. The van der Waals surface area contributed by atoms with Crippen LogP contribution in [0.1, 0.15) is 30.2 Å². The van der Waals surface area contributed by atoms with E-state index < -0.39 is 0 Å². The number of rotatable bonds is 5. The number of hydrogen-bond acceptors (Lipinski definition) is 7. The van der Waals surface area contributed by atoms with Crippen LogP contribution in [-0.2, 0) is 13.1 Å². The smallest absolute Gasteiger partial charge is 0.240 e. The van der Waals surface area contributed by atoms with Crippen LogP contribution in [0.2, 0.25) is 0 Å². The van der Waals surface area contributed by atoms with Gasteiger partial charge in [0, 0.05) is 44.6 Å². The first-order chi connectivity index (χ1) is 10.8. The van der Waals surface area contributed by atoms with E-state index in [1.165, 1.54) is 5.56 Å². The largest absolute Gasteiger partial charge is 0.338 e. The zero-order valence-electron chi connectivity index (χ0n) is 12.9. The van der Waals surface area contributed by atoms with Crippen LogP contribution in [0, 0.1) is 0 Å². The Kier molecular flexibility index (Phi) is 4.77. The van der Waals surface area contributed by atoms with Crippen molar-refractivity contribution < 1.29 is 4.52 Å². The van der Waals surface area contributed by atoms with Crippen LogP contribution < -0.4 is 5.73 Å². The summed E-state index contributed by atoms with van der Waals surface area (Å²) in [5, 5.41) is 3.95. The number of nitrogens with two attached hydrogens (primary N) is 1. The fraction of sp³-hybridized carbons (Fsp3) is 0.533. The summed E-state index contributed by atoms with van der Waals surface area (Å²) >= 11 is 0. The highest BCUT2D eigenvalue weighted by molar-refractivity contribution is 5.13. The second-order valence-electron chi connectivity index (χ2n) is 5.58. The molecule has 2 aromatic rings. The summed E-state index contributed by atoms with van der Waals surface area (Å²) in [5.41, 5.74) is 6.75. The Morgan fingerprint density at radius 3 is 2.77 bits per heavy atom. The zero-order valence-corrected chi connectivity index (χ0v) is 12.9. The minimum atomic E-state index is 0.295. The van der Waals surface area contributed by atoms with Crippen molar-refractivity contribution in [3.63, 3.8) is 0 Å². The van der Waals surface area contributed by atoms with Crippen molar-refractivity contribution in [2.75, 3.05) is 26.2 Å². The average Bonchev–Trinajstić information content (AvgIpc) is 3.03. The van der Waals surface area contributed by atoms with Gasteiger partial charge in [-0.3, -0.25) is 14.8 Å². The van der Waals surface area contributed by atoms with Gasteiger partial charge < -0.3 is 10.3 Å². The first-order valence-electron chi connectivity index (χ1n) is 7.64. The van der Waals surface area contributed by atoms with Gasteiger partial charge >= 0.3 is 0 Å². The highest BCUT2D eigenvalue weighted by atomic mass is 16.5. The third kappa shape index (κ3) is 3.49. The van der Waals surface area contributed by atoms with Gasteiger partial charge in [-0.05, 0) is 18.6 Å². The predicted octanol–water partition coefficient (Wildman–Crippen LogP) is 0.802. The molecule has 0 aliphatic carbocycles. The molecule has 0 spiro atoms. The van der Waals surface area contributed by atoms with Crippen molar-refractivity contribution in [1.82, 2.24) is 24.9 Å². The van der Waals surface area contributed by atoms with E-state index in [1.807, 2.05) is 18.5 Å².